The first kappa shape index (κ1) is 26.7. The Kier molecular flexibility index (Phi) is 12.6. The minimum atomic E-state index is -0.742. The summed E-state index contributed by atoms with van der Waals surface area (Å²) in [7, 11) is 3.54. The Morgan fingerprint density at radius 2 is 2.04 bits per heavy atom. The number of ketones is 1. The number of carbonyl (C=O) groups excluding carboxylic acids is 1. The SMILES string of the molecule is C=CC(CC)(OC)C([NH-])C1C(COC(C)OCC)CC(C(C)=O)N1C.[Ac]. The second kappa shape index (κ2) is 12.3. The maximum atomic E-state index is 12.0. The van der Waals surface area contributed by atoms with E-state index in [1.54, 1.807) is 20.1 Å². The molecular formula is C19H35AcN2O4-. The van der Waals surface area contributed by atoms with Crippen LogP contribution in [0.5, 0.6) is 0 Å². The molecule has 0 aromatic carbocycles. The molecule has 1 aliphatic heterocycles. The van der Waals surface area contributed by atoms with Gasteiger partial charge in [0.1, 0.15) is 5.78 Å². The summed E-state index contributed by atoms with van der Waals surface area (Å²) in [5.41, 5.74) is 8.16. The number of nitrogens with zero attached hydrogens (tertiary/aromatic N) is 1. The minimum absolute atomic E-state index is 0. The Balaban J connectivity index is 0.00000625. The van der Waals surface area contributed by atoms with E-state index in [1.807, 2.05) is 32.7 Å². The van der Waals surface area contributed by atoms with Crippen LogP contribution >= 0.6 is 0 Å². The normalized spacial score (nSPS) is 28.0. The molecule has 26 heavy (non-hydrogen) atoms. The number of likely N-dealkylation sites (N-methyl/N-ethyl adjacent to an activating group) is 1. The third-order valence-corrected chi connectivity index (χ3v) is 5.53. The van der Waals surface area contributed by atoms with E-state index >= 15 is 0 Å². The third kappa shape index (κ3) is 6.07. The Hall–Kier alpha value is 0.652. The van der Waals surface area contributed by atoms with E-state index in [1.165, 1.54) is 0 Å². The molecule has 1 radical (unpaired) electrons. The van der Waals surface area contributed by atoms with Crippen molar-refractivity contribution in [2.24, 2.45) is 5.92 Å². The number of hydrogen-bond acceptors (Lipinski definition) is 5. The van der Waals surface area contributed by atoms with Gasteiger partial charge in [0.2, 0.25) is 0 Å². The molecule has 1 saturated heterocycles. The predicted octanol–water partition coefficient (Wildman–Crippen LogP) is 3.07. The van der Waals surface area contributed by atoms with Crippen LogP contribution in [0, 0.1) is 50.0 Å². The fourth-order valence-corrected chi connectivity index (χ4v) is 3.94. The Morgan fingerprint density at radius 1 is 1.42 bits per heavy atom. The first-order valence-corrected chi connectivity index (χ1v) is 9.13. The van der Waals surface area contributed by atoms with Crippen molar-refractivity contribution in [2.75, 3.05) is 27.4 Å². The van der Waals surface area contributed by atoms with Gasteiger partial charge in [0, 0.05) is 63.8 Å². The molecule has 1 aliphatic rings. The Bertz CT molecular complexity index is 445. The van der Waals surface area contributed by atoms with Crippen LogP contribution in [0.25, 0.3) is 5.73 Å². The van der Waals surface area contributed by atoms with Crippen molar-refractivity contribution in [1.29, 1.82) is 0 Å². The summed E-state index contributed by atoms with van der Waals surface area (Å²) in [6, 6.07) is -0.906. The maximum absolute atomic E-state index is 12.0. The molecule has 0 amide bonds. The van der Waals surface area contributed by atoms with E-state index in [9.17, 15) is 4.79 Å². The van der Waals surface area contributed by atoms with Crippen LogP contribution in [0.1, 0.15) is 40.5 Å². The topological polar surface area (TPSA) is 71.8 Å². The molecule has 1 heterocycles. The van der Waals surface area contributed by atoms with Gasteiger partial charge in [-0.15, -0.1) is 6.58 Å². The van der Waals surface area contributed by atoms with Gasteiger partial charge in [-0.25, -0.2) is 0 Å². The smallest absolute Gasteiger partial charge is 0.154 e. The summed E-state index contributed by atoms with van der Waals surface area (Å²) in [6.45, 7) is 12.3. The fourth-order valence-electron chi connectivity index (χ4n) is 3.94. The van der Waals surface area contributed by atoms with Crippen molar-refractivity contribution in [3.63, 3.8) is 0 Å². The van der Waals surface area contributed by atoms with Gasteiger partial charge >= 0.3 is 0 Å². The Labute approximate surface area is 194 Å². The van der Waals surface area contributed by atoms with Crippen molar-refractivity contribution in [3.8, 4) is 0 Å². The zero-order chi connectivity index (χ0) is 19.2. The number of nitrogens with one attached hydrogen (secondary N) is 1. The van der Waals surface area contributed by atoms with Gasteiger partial charge in [-0.1, -0.05) is 19.0 Å². The van der Waals surface area contributed by atoms with Gasteiger partial charge in [-0.2, -0.15) is 0 Å². The number of hydrogen-bond donors (Lipinski definition) is 0. The van der Waals surface area contributed by atoms with E-state index < -0.39 is 11.6 Å². The number of carbonyl (C=O) groups is 1. The predicted molar refractivity (Wildman–Crippen MR) is 99.5 cm³/mol. The summed E-state index contributed by atoms with van der Waals surface area (Å²) in [5.74, 6) is 0.184. The maximum Gasteiger partial charge on any atom is 0.154 e. The van der Waals surface area contributed by atoms with Crippen LogP contribution in [0.4, 0.5) is 0 Å². The van der Waals surface area contributed by atoms with E-state index in [4.69, 9.17) is 19.9 Å². The van der Waals surface area contributed by atoms with Crippen molar-refractivity contribution < 1.29 is 63.1 Å². The first-order chi connectivity index (χ1) is 11.8. The first-order valence-electron chi connectivity index (χ1n) is 9.13. The number of Topliss-reactive ketones (excluding diaryl/α,β-unsaturated/α-hetero) is 1. The van der Waals surface area contributed by atoms with E-state index in [0.29, 0.717) is 26.1 Å². The van der Waals surface area contributed by atoms with Crippen molar-refractivity contribution in [1.82, 2.24) is 4.90 Å². The van der Waals surface area contributed by atoms with Gasteiger partial charge in [-0.3, -0.25) is 9.69 Å². The van der Waals surface area contributed by atoms with Crippen LogP contribution in [0.3, 0.4) is 0 Å². The molecule has 0 aromatic heterocycles. The summed E-state index contributed by atoms with van der Waals surface area (Å²) in [5, 5.41) is 0. The molecular weight excluding hydrogens is 547 g/mol. The van der Waals surface area contributed by atoms with Gasteiger partial charge in [-0.05, 0) is 46.6 Å². The zero-order valence-corrected chi connectivity index (χ0v) is 21.9. The average molecular weight is 582 g/mol. The fraction of sp³-hybridized carbons (Fsp3) is 0.842. The molecule has 0 spiro atoms. The molecule has 0 saturated carbocycles. The largest absolute Gasteiger partial charge is 0.671 e. The zero-order valence-electron chi connectivity index (χ0n) is 17.2. The minimum Gasteiger partial charge on any atom is -0.671 e. The van der Waals surface area contributed by atoms with Crippen molar-refractivity contribution >= 4 is 5.78 Å². The Morgan fingerprint density at radius 3 is 2.46 bits per heavy atom. The average Bonchev–Trinajstić information content (AvgIpc) is 2.91. The van der Waals surface area contributed by atoms with Crippen molar-refractivity contribution in [2.45, 2.75) is 70.6 Å². The standard InChI is InChI=1S/C19H35N2O4.Ac/c1-8-19(9-2,23-7)18(20)17-15(12-25-14(5)24-10-3)11-16(13(4)22)21(17)6;/h8,14-18,20H,1,9-12H2,2-7H3;/q-1;. The molecule has 6 nitrogen and oxygen atoms in total. The molecule has 6 unspecified atom stereocenters. The van der Waals surface area contributed by atoms with Gasteiger partial charge in [0.15, 0.2) is 6.29 Å². The molecule has 6 atom stereocenters. The molecule has 1 N–H and O–H groups in total. The van der Waals surface area contributed by atoms with Crippen molar-refractivity contribution in [3.05, 3.63) is 18.4 Å². The third-order valence-electron chi connectivity index (χ3n) is 5.53. The molecule has 7 heteroatoms. The van der Waals surface area contributed by atoms with Crippen LogP contribution in [0.2, 0.25) is 0 Å². The number of likely N-dealkylation sites (tertiary alicyclic amines) is 1. The van der Waals surface area contributed by atoms with Crippen LogP contribution in [-0.2, 0) is 19.0 Å². The van der Waals surface area contributed by atoms with E-state index in [-0.39, 0.29) is 74.1 Å². The monoisotopic (exact) mass is 582 g/mol. The quantitative estimate of drug-likeness (QED) is 0.277. The second-order valence-electron chi connectivity index (χ2n) is 6.83. The summed E-state index contributed by atoms with van der Waals surface area (Å²) < 4.78 is 16.9. The van der Waals surface area contributed by atoms with Gasteiger partial charge in [0.25, 0.3) is 0 Å². The molecule has 149 valence electrons. The second-order valence-corrected chi connectivity index (χ2v) is 6.83. The van der Waals surface area contributed by atoms with E-state index in [0.717, 1.165) is 0 Å². The van der Waals surface area contributed by atoms with Crippen LogP contribution in [-0.4, -0.2) is 68.1 Å². The summed E-state index contributed by atoms with van der Waals surface area (Å²) in [4.78, 5) is 14.1. The molecule has 0 aliphatic carbocycles. The molecule has 0 bridgehead atoms. The van der Waals surface area contributed by atoms with Crippen LogP contribution in [0.15, 0.2) is 12.7 Å². The summed E-state index contributed by atoms with van der Waals surface area (Å²) >= 11 is 0. The number of rotatable bonds is 11. The molecule has 1 fully saturated rings. The summed E-state index contributed by atoms with van der Waals surface area (Å²) in [6.07, 6.45) is 2.76. The van der Waals surface area contributed by atoms with Crippen LogP contribution < -0.4 is 0 Å². The molecule has 0 aromatic rings. The number of ether oxygens (including phenoxy) is 3. The number of methoxy groups -OCH3 is 1. The van der Waals surface area contributed by atoms with E-state index in [2.05, 4.69) is 6.58 Å². The van der Waals surface area contributed by atoms with Gasteiger partial charge < -0.3 is 19.9 Å². The molecule has 1 rings (SSSR count). The van der Waals surface area contributed by atoms with Gasteiger partial charge in [0.05, 0.1) is 18.2 Å².